The topological polar surface area (TPSA) is 61.8 Å². The summed E-state index contributed by atoms with van der Waals surface area (Å²) in [7, 11) is 0. The summed E-state index contributed by atoms with van der Waals surface area (Å²) in [5, 5.41) is 12.2. The van der Waals surface area contributed by atoms with Crippen LogP contribution in [0.1, 0.15) is 12.8 Å². The smallest absolute Gasteiger partial charge is 0.321 e. The van der Waals surface area contributed by atoms with Gasteiger partial charge in [0.1, 0.15) is 0 Å². The highest BCUT2D eigenvalue weighted by molar-refractivity contribution is 6.30. The molecule has 1 saturated heterocycles. The number of halogens is 1. The Morgan fingerprint density at radius 2 is 2.20 bits per heavy atom. The van der Waals surface area contributed by atoms with Crippen molar-refractivity contribution in [3.63, 3.8) is 0 Å². The Labute approximate surface area is 123 Å². The van der Waals surface area contributed by atoms with E-state index in [0.717, 1.165) is 25.1 Å². The number of ether oxygens (including phenoxy) is 1. The zero-order valence-electron chi connectivity index (χ0n) is 11.2. The molecule has 1 heterocycles. The molecule has 1 aromatic carbocycles. The number of benzene rings is 1. The SMILES string of the molecule is O=C(Nc1ccc(Cl)cc1)N1CCC[C@H](OCCO)C1. The summed E-state index contributed by atoms with van der Waals surface area (Å²) in [6.45, 7) is 1.60. The molecule has 1 aliphatic rings. The minimum atomic E-state index is -0.135. The fourth-order valence-corrected chi connectivity index (χ4v) is 2.34. The third-order valence-corrected chi connectivity index (χ3v) is 3.46. The minimum absolute atomic E-state index is 0.00636. The van der Waals surface area contributed by atoms with Crippen molar-refractivity contribution in [1.29, 1.82) is 0 Å². The third kappa shape index (κ3) is 4.37. The highest BCUT2D eigenvalue weighted by Gasteiger charge is 2.24. The first-order valence-electron chi connectivity index (χ1n) is 6.73. The summed E-state index contributed by atoms with van der Waals surface area (Å²) in [6.07, 6.45) is 1.83. The summed E-state index contributed by atoms with van der Waals surface area (Å²) in [4.78, 5) is 13.9. The number of aliphatic hydroxyl groups excluding tert-OH is 1. The normalized spacial score (nSPS) is 18.9. The van der Waals surface area contributed by atoms with Crippen LogP contribution in [0.15, 0.2) is 24.3 Å². The Hall–Kier alpha value is -1.30. The van der Waals surface area contributed by atoms with Crippen molar-refractivity contribution in [3.05, 3.63) is 29.3 Å². The Balaban J connectivity index is 1.86. The molecule has 2 N–H and O–H groups in total. The molecular formula is C14H19ClN2O3. The molecule has 0 bridgehead atoms. The summed E-state index contributed by atoms with van der Waals surface area (Å²) < 4.78 is 5.49. The second-order valence-corrected chi connectivity index (χ2v) is 5.18. The van der Waals surface area contributed by atoms with E-state index >= 15 is 0 Å². The van der Waals surface area contributed by atoms with Crippen LogP contribution in [0.2, 0.25) is 5.02 Å². The van der Waals surface area contributed by atoms with Gasteiger partial charge < -0.3 is 20.1 Å². The van der Waals surface area contributed by atoms with Gasteiger partial charge in [-0.3, -0.25) is 0 Å². The number of aliphatic hydroxyl groups is 1. The first-order valence-corrected chi connectivity index (χ1v) is 7.11. The molecular weight excluding hydrogens is 280 g/mol. The molecule has 1 atom stereocenters. The maximum Gasteiger partial charge on any atom is 0.321 e. The summed E-state index contributed by atoms with van der Waals surface area (Å²) in [5.74, 6) is 0. The number of carbonyl (C=O) groups is 1. The lowest BCUT2D eigenvalue weighted by molar-refractivity contribution is -0.00462. The van der Waals surface area contributed by atoms with Crippen LogP contribution in [0, 0.1) is 0 Å². The van der Waals surface area contributed by atoms with Crippen LogP contribution in [0.4, 0.5) is 10.5 Å². The number of amides is 2. The second kappa shape index (κ2) is 7.47. The molecule has 0 aromatic heterocycles. The van der Waals surface area contributed by atoms with Crippen LogP contribution in [-0.2, 0) is 4.74 Å². The maximum absolute atomic E-state index is 12.1. The molecule has 1 aromatic rings. The van der Waals surface area contributed by atoms with Crippen molar-refractivity contribution in [1.82, 2.24) is 4.90 Å². The fourth-order valence-electron chi connectivity index (χ4n) is 2.21. The van der Waals surface area contributed by atoms with E-state index in [2.05, 4.69) is 5.32 Å². The molecule has 0 unspecified atom stereocenters. The number of rotatable bonds is 4. The van der Waals surface area contributed by atoms with Gasteiger partial charge in [0.15, 0.2) is 0 Å². The van der Waals surface area contributed by atoms with Crippen molar-refractivity contribution < 1.29 is 14.6 Å². The zero-order valence-corrected chi connectivity index (χ0v) is 12.0. The average molecular weight is 299 g/mol. The van der Waals surface area contributed by atoms with E-state index in [1.165, 1.54) is 0 Å². The molecule has 1 aliphatic heterocycles. The van der Waals surface area contributed by atoms with Gasteiger partial charge in [0.05, 0.1) is 19.3 Å². The number of piperidine rings is 1. The zero-order chi connectivity index (χ0) is 14.4. The first kappa shape index (κ1) is 15.1. The average Bonchev–Trinajstić information content (AvgIpc) is 2.48. The molecule has 1 fully saturated rings. The molecule has 6 heteroatoms. The summed E-state index contributed by atoms with van der Waals surface area (Å²) in [5.41, 5.74) is 0.720. The van der Waals surface area contributed by atoms with Crippen molar-refractivity contribution in [2.75, 3.05) is 31.6 Å². The largest absolute Gasteiger partial charge is 0.394 e. The van der Waals surface area contributed by atoms with Gasteiger partial charge in [0, 0.05) is 23.8 Å². The number of hydrogen-bond acceptors (Lipinski definition) is 3. The Bertz CT molecular complexity index is 439. The number of nitrogens with one attached hydrogen (secondary N) is 1. The van der Waals surface area contributed by atoms with Gasteiger partial charge in [-0.2, -0.15) is 0 Å². The molecule has 0 spiro atoms. The van der Waals surface area contributed by atoms with E-state index in [1.807, 2.05) is 0 Å². The lowest BCUT2D eigenvalue weighted by atomic mass is 10.1. The van der Waals surface area contributed by atoms with Crippen molar-refractivity contribution in [2.24, 2.45) is 0 Å². The second-order valence-electron chi connectivity index (χ2n) is 4.74. The van der Waals surface area contributed by atoms with E-state index in [-0.39, 0.29) is 18.7 Å². The maximum atomic E-state index is 12.1. The van der Waals surface area contributed by atoms with Gasteiger partial charge in [-0.25, -0.2) is 4.79 Å². The molecule has 2 rings (SSSR count). The molecule has 0 radical (unpaired) electrons. The van der Waals surface area contributed by atoms with Gasteiger partial charge in [-0.1, -0.05) is 11.6 Å². The molecule has 0 aliphatic carbocycles. The number of hydrogen-bond donors (Lipinski definition) is 2. The predicted octanol–water partition coefficient (Wildman–Crippen LogP) is 2.35. The van der Waals surface area contributed by atoms with Crippen LogP contribution >= 0.6 is 11.6 Å². The number of urea groups is 1. The quantitative estimate of drug-likeness (QED) is 0.897. The molecule has 20 heavy (non-hydrogen) atoms. The number of anilines is 1. The number of nitrogens with zero attached hydrogens (tertiary/aromatic N) is 1. The van der Waals surface area contributed by atoms with Crippen molar-refractivity contribution in [2.45, 2.75) is 18.9 Å². The number of carbonyl (C=O) groups excluding carboxylic acids is 1. The number of likely N-dealkylation sites (tertiary alicyclic amines) is 1. The van der Waals surface area contributed by atoms with Gasteiger partial charge in [-0.05, 0) is 37.1 Å². The summed E-state index contributed by atoms with van der Waals surface area (Å²) in [6, 6.07) is 6.87. The predicted molar refractivity (Wildman–Crippen MR) is 78.1 cm³/mol. The van der Waals surface area contributed by atoms with Crippen LogP contribution < -0.4 is 5.32 Å². The minimum Gasteiger partial charge on any atom is -0.394 e. The molecule has 5 nitrogen and oxygen atoms in total. The first-order chi connectivity index (χ1) is 9.69. The monoisotopic (exact) mass is 298 g/mol. The van der Waals surface area contributed by atoms with Crippen LogP contribution in [-0.4, -0.2) is 48.4 Å². The highest BCUT2D eigenvalue weighted by Crippen LogP contribution is 2.17. The van der Waals surface area contributed by atoms with Gasteiger partial charge >= 0.3 is 6.03 Å². The Kier molecular flexibility index (Phi) is 5.64. The van der Waals surface area contributed by atoms with Gasteiger partial charge in [0.2, 0.25) is 0 Å². The van der Waals surface area contributed by atoms with Crippen LogP contribution in [0.25, 0.3) is 0 Å². The lowest BCUT2D eigenvalue weighted by Crippen LogP contribution is -2.45. The van der Waals surface area contributed by atoms with E-state index in [0.29, 0.717) is 18.2 Å². The lowest BCUT2D eigenvalue weighted by Gasteiger charge is -2.32. The van der Waals surface area contributed by atoms with E-state index in [9.17, 15) is 4.79 Å². The summed E-state index contributed by atoms with van der Waals surface area (Å²) >= 11 is 5.80. The van der Waals surface area contributed by atoms with E-state index in [4.69, 9.17) is 21.4 Å². The molecule has 2 amide bonds. The van der Waals surface area contributed by atoms with Crippen molar-refractivity contribution >= 4 is 23.3 Å². The van der Waals surface area contributed by atoms with Gasteiger partial charge in [-0.15, -0.1) is 0 Å². The van der Waals surface area contributed by atoms with Crippen molar-refractivity contribution in [3.8, 4) is 0 Å². The van der Waals surface area contributed by atoms with E-state index < -0.39 is 0 Å². The standard InChI is InChI=1S/C14H19ClN2O3/c15-11-3-5-12(6-4-11)16-14(19)17-7-1-2-13(10-17)20-9-8-18/h3-6,13,18H,1-2,7-10H2,(H,16,19)/t13-/m0/s1. The van der Waals surface area contributed by atoms with Crippen LogP contribution in [0.3, 0.4) is 0 Å². The third-order valence-electron chi connectivity index (χ3n) is 3.21. The Morgan fingerprint density at radius 3 is 2.90 bits per heavy atom. The van der Waals surface area contributed by atoms with E-state index in [1.54, 1.807) is 29.2 Å². The van der Waals surface area contributed by atoms with Gasteiger partial charge in [0.25, 0.3) is 0 Å². The highest BCUT2D eigenvalue weighted by atomic mass is 35.5. The molecule has 110 valence electrons. The Morgan fingerprint density at radius 1 is 1.45 bits per heavy atom. The molecule has 0 saturated carbocycles. The van der Waals surface area contributed by atoms with Crippen LogP contribution in [0.5, 0.6) is 0 Å². The fraction of sp³-hybridized carbons (Fsp3) is 0.500.